The van der Waals surface area contributed by atoms with Gasteiger partial charge in [0.1, 0.15) is 17.8 Å². The molecule has 1 aromatic carbocycles. The number of rotatable bonds is 8. The molecule has 0 unspecified atom stereocenters. The minimum atomic E-state index is -1.02. The third-order valence-corrected chi connectivity index (χ3v) is 2.99. The van der Waals surface area contributed by atoms with Crippen molar-refractivity contribution in [1.82, 2.24) is 0 Å². The zero-order valence-corrected chi connectivity index (χ0v) is 13.7. The van der Waals surface area contributed by atoms with Gasteiger partial charge in [-0.3, -0.25) is 14.6 Å². The Kier molecular flexibility index (Phi) is 10.3. The van der Waals surface area contributed by atoms with Crippen molar-refractivity contribution in [2.24, 2.45) is 27.9 Å². The van der Waals surface area contributed by atoms with E-state index >= 15 is 0 Å². The third-order valence-electron chi connectivity index (χ3n) is 2.99. The molecule has 0 saturated carbocycles. The molecular weight excluding hydrogens is 330 g/mol. The molecule has 140 valence electrons. The highest BCUT2D eigenvalue weighted by atomic mass is 16.4. The summed E-state index contributed by atoms with van der Waals surface area (Å²) in [6, 6.07) is 4.60. The number of aliphatic carboxylic acids is 2. The van der Waals surface area contributed by atoms with Crippen LogP contribution < -0.4 is 22.9 Å². The molecule has 0 radical (unpaired) electrons. The Morgan fingerprint density at radius 1 is 1.00 bits per heavy atom. The highest BCUT2D eigenvalue weighted by Gasteiger charge is 2.11. The quantitative estimate of drug-likeness (QED) is 0.169. The van der Waals surface area contributed by atoms with Crippen molar-refractivity contribution in [3.8, 4) is 5.75 Å². The molecule has 0 heterocycles. The lowest BCUT2D eigenvalue weighted by molar-refractivity contribution is -0.139. The van der Waals surface area contributed by atoms with Gasteiger partial charge in [-0.1, -0.05) is 12.1 Å². The number of carbonyl (C=O) groups is 2. The van der Waals surface area contributed by atoms with Crippen LogP contribution in [0.1, 0.15) is 18.4 Å². The van der Waals surface area contributed by atoms with Crippen molar-refractivity contribution in [2.75, 3.05) is 6.54 Å². The second-order valence-electron chi connectivity index (χ2n) is 5.21. The second kappa shape index (κ2) is 11.6. The van der Waals surface area contributed by atoms with Crippen LogP contribution in [0.2, 0.25) is 0 Å². The van der Waals surface area contributed by atoms with E-state index in [0.29, 0.717) is 19.4 Å². The molecule has 0 aliphatic heterocycles. The third kappa shape index (κ3) is 11.3. The van der Waals surface area contributed by atoms with Gasteiger partial charge >= 0.3 is 11.9 Å². The largest absolute Gasteiger partial charge is 0.508 e. The van der Waals surface area contributed by atoms with Crippen molar-refractivity contribution in [3.05, 3.63) is 29.8 Å². The van der Waals surface area contributed by atoms with Crippen LogP contribution >= 0.6 is 0 Å². The average molecular weight is 355 g/mol. The monoisotopic (exact) mass is 355 g/mol. The Bertz CT molecular complexity index is 572. The minimum absolute atomic E-state index is 0.0129. The summed E-state index contributed by atoms with van der Waals surface area (Å²) in [5.74, 6) is -1.85. The van der Waals surface area contributed by atoms with Crippen molar-refractivity contribution in [1.29, 1.82) is 0 Å². The topological polar surface area (TPSA) is 211 Å². The van der Waals surface area contributed by atoms with Gasteiger partial charge in [-0.15, -0.1) is 0 Å². The number of phenols is 1. The average Bonchev–Trinajstić information content (AvgIpc) is 2.53. The molecule has 0 fully saturated rings. The Morgan fingerprint density at radius 2 is 1.52 bits per heavy atom. The van der Waals surface area contributed by atoms with E-state index in [4.69, 9.17) is 38.3 Å². The fraction of sp³-hybridized carbons (Fsp3) is 0.400. The van der Waals surface area contributed by atoms with E-state index in [1.54, 1.807) is 12.1 Å². The molecule has 11 N–H and O–H groups in total. The first-order valence-corrected chi connectivity index (χ1v) is 7.43. The molecule has 0 aliphatic rings. The van der Waals surface area contributed by atoms with Crippen LogP contribution in [0.15, 0.2) is 29.3 Å². The number of phenolic OH excluding ortho intramolecular Hbond substituents is 1. The number of hydrogen-bond acceptors (Lipinski definition) is 6. The molecule has 0 saturated heterocycles. The van der Waals surface area contributed by atoms with Crippen LogP contribution in [0, 0.1) is 0 Å². The molecular formula is C15H25N5O5. The van der Waals surface area contributed by atoms with E-state index in [0.717, 1.165) is 5.56 Å². The van der Waals surface area contributed by atoms with E-state index in [-0.39, 0.29) is 18.1 Å². The molecule has 1 aromatic rings. The molecule has 2 atom stereocenters. The number of hydrogen-bond donors (Lipinski definition) is 7. The van der Waals surface area contributed by atoms with Gasteiger partial charge in [0, 0.05) is 6.54 Å². The van der Waals surface area contributed by atoms with Gasteiger partial charge in [-0.25, -0.2) is 0 Å². The van der Waals surface area contributed by atoms with Crippen LogP contribution in [0.4, 0.5) is 0 Å². The minimum Gasteiger partial charge on any atom is -0.508 e. The molecule has 0 amide bonds. The summed E-state index contributed by atoms with van der Waals surface area (Å²) in [7, 11) is 0. The second-order valence-corrected chi connectivity index (χ2v) is 5.21. The lowest BCUT2D eigenvalue weighted by Gasteiger charge is -2.05. The summed E-state index contributed by atoms with van der Waals surface area (Å²) in [4.78, 5) is 24.3. The van der Waals surface area contributed by atoms with Crippen molar-refractivity contribution >= 4 is 17.9 Å². The van der Waals surface area contributed by atoms with Gasteiger partial charge in [-0.05, 0) is 37.0 Å². The number of aromatic hydroxyl groups is 1. The predicted octanol–water partition coefficient (Wildman–Crippen LogP) is -1.20. The molecule has 0 aliphatic carbocycles. The molecule has 10 nitrogen and oxygen atoms in total. The Hall–Kier alpha value is -2.85. The molecule has 0 aromatic heterocycles. The number of carboxylic acid groups (broad SMARTS) is 2. The predicted molar refractivity (Wildman–Crippen MR) is 92.9 cm³/mol. The van der Waals surface area contributed by atoms with Gasteiger partial charge < -0.3 is 38.3 Å². The lowest BCUT2D eigenvalue weighted by atomic mass is 10.1. The normalized spacial score (nSPS) is 12.2. The van der Waals surface area contributed by atoms with E-state index in [2.05, 4.69) is 4.99 Å². The number of nitrogens with zero attached hydrogens (tertiary/aromatic N) is 1. The standard InChI is InChI=1S/C9H11NO3.C6H14N4O2/c10-8(9(12)13)5-6-1-3-7(11)4-2-6;7-4(5(11)12)2-1-3-10-6(8)9/h1-4,8,11H,5,10H2,(H,12,13);4H,1-3,7H2,(H,11,12)(H4,8,9,10)/t8-;4-/m01/s1. The molecule has 0 bridgehead atoms. The number of nitrogens with two attached hydrogens (primary N) is 4. The lowest BCUT2D eigenvalue weighted by Crippen LogP contribution is -2.32. The maximum atomic E-state index is 10.4. The maximum Gasteiger partial charge on any atom is 0.320 e. The first-order valence-electron chi connectivity index (χ1n) is 7.43. The van der Waals surface area contributed by atoms with Crippen LogP contribution in [0.3, 0.4) is 0 Å². The Balaban J connectivity index is 0.000000463. The van der Waals surface area contributed by atoms with Crippen molar-refractivity contribution in [3.63, 3.8) is 0 Å². The number of aliphatic imine (C=N–C) groups is 1. The zero-order valence-electron chi connectivity index (χ0n) is 13.7. The first-order chi connectivity index (χ1) is 11.6. The summed E-state index contributed by atoms with van der Waals surface area (Å²) in [5, 5.41) is 25.9. The van der Waals surface area contributed by atoms with Crippen LogP contribution in [0.5, 0.6) is 5.75 Å². The SMILES string of the molecule is NC(N)=NCCC[C@@H](N)C(=O)O.N[C@@H](Cc1ccc(O)cc1)C(=O)O. The maximum absolute atomic E-state index is 10.4. The van der Waals surface area contributed by atoms with E-state index in [1.165, 1.54) is 12.1 Å². The molecule has 25 heavy (non-hydrogen) atoms. The summed E-state index contributed by atoms with van der Waals surface area (Å²) in [5.41, 5.74) is 21.4. The summed E-state index contributed by atoms with van der Waals surface area (Å²) in [6.07, 6.45) is 1.23. The summed E-state index contributed by atoms with van der Waals surface area (Å²) >= 11 is 0. The van der Waals surface area contributed by atoms with E-state index < -0.39 is 24.0 Å². The number of guanidine groups is 1. The van der Waals surface area contributed by atoms with Crippen molar-refractivity contribution < 1.29 is 24.9 Å². The van der Waals surface area contributed by atoms with E-state index in [1.807, 2.05) is 0 Å². The highest BCUT2D eigenvalue weighted by molar-refractivity contribution is 5.75. The molecule has 10 heteroatoms. The van der Waals surface area contributed by atoms with Gasteiger partial charge in [0.15, 0.2) is 5.96 Å². The fourth-order valence-electron chi connectivity index (χ4n) is 1.62. The Labute approximate surface area is 145 Å². The Morgan fingerprint density at radius 3 is 1.96 bits per heavy atom. The summed E-state index contributed by atoms with van der Waals surface area (Å²) in [6.45, 7) is 0.420. The molecule has 1 rings (SSSR count). The fourth-order valence-corrected chi connectivity index (χ4v) is 1.62. The van der Waals surface area contributed by atoms with Gasteiger partial charge in [0.05, 0.1) is 0 Å². The zero-order chi connectivity index (χ0) is 19.4. The summed E-state index contributed by atoms with van der Waals surface area (Å²) < 4.78 is 0. The van der Waals surface area contributed by atoms with Crippen molar-refractivity contribution in [2.45, 2.75) is 31.3 Å². The van der Waals surface area contributed by atoms with Gasteiger partial charge in [0.2, 0.25) is 0 Å². The van der Waals surface area contributed by atoms with E-state index in [9.17, 15) is 9.59 Å². The van der Waals surface area contributed by atoms with Crippen LogP contribution in [0.25, 0.3) is 0 Å². The van der Waals surface area contributed by atoms with Gasteiger partial charge in [0.25, 0.3) is 0 Å². The van der Waals surface area contributed by atoms with Crippen LogP contribution in [-0.4, -0.2) is 51.8 Å². The van der Waals surface area contributed by atoms with Gasteiger partial charge in [-0.2, -0.15) is 0 Å². The highest BCUT2D eigenvalue weighted by Crippen LogP contribution is 2.10. The smallest absolute Gasteiger partial charge is 0.320 e. The first kappa shape index (κ1) is 22.1. The number of benzene rings is 1. The molecule has 0 spiro atoms. The van der Waals surface area contributed by atoms with Crippen LogP contribution in [-0.2, 0) is 16.0 Å². The number of carboxylic acids is 2.